The molecule has 3 amide bonds. The van der Waals surface area contributed by atoms with E-state index in [1.807, 2.05) is 72.8 Å². The Kier molecular flexibility index (Phi) is 11.2. The molecule has 0 radical (unpaired) electrons. The number of hydrogen-bond acceptors (Lipinski definition) is 8. The number of alkyl carbamates (subject to hydrolysis) is 1. The van der Waals surface area contributed by atoms with Gasteiger partial charge in [0.15, 0.2) is 3.95 Å². The molecule has 0 spiro atoms. The van der Waals surface area contributed by atoms with Gasteiger partial charge in [0, 0.05) is 6.42 Å². The molecule has 10 nitrogen and oxygen atoms in total. The van der Waals surface area contributed by atoms with Crippen LogP contribution in [0.2, 0.25) is 0 Å². The zero-order valence-corrected chi connectivity index (χ0v) is 26.2. The number of aromatic amines is 1. The number of rotatable bonds is 13. The highest BCUT2D eigenvalue weighted by molar-refractivity contribution is 7.73. The molecule has 234 valence electrons. The molecule has 0 fully saturated rings. The van der Waals surface area contributed by atoms with Crippen molar-refractivity contribution in [1.82, 2.24) is 20.8 Å². The number of nitrogens with zero attached hydrogens (tertiary/aromatic N) is 1. The summed E-state index contributed by atoms with van der Waals surface area (Å²) in [6.45, 7) is 0.439. The van der Waals surface area contributed by atoms with Crippen LogP contribution in [-0.2, 0) is 34.0 Å². The third-order valence-electron chi connectivity index (χ3n) is 6.78. The molecule has 12 heteroatoms. The summed E-state index contributed by atoms with van der Waals surface area (Å²) in [7, 11) is 0. The maximum Gasteiger partial charge on any atom is 0.408 e. The van der Waals surface area contributed by atoms with Gasteiger partial charge < -0.3 is 20.1 Å². The molecule has 46 heavy (non-hydrogen) atoms. The zero-order valence-electron chi connectivity index (χ0n) is 24.6. The fourth-order valence-electron chi connectivity index (χ4n) is 4.46. The number of nitrogens with one attached hydrogen (secondary N) is 4. The van der Waals surface area contributed by atoms with Gasteiger partial charge in [0.1, 0.15) is 31.0 Å². The highest BCUT2D eigenvalue weighted by Crippen LogP contribution is 2.19. The second kappa shape index (κ2) is 16.1. The van der Waals surface area contributed by atoms with E-state index in [1.165, 1.54) is 0 Å². The van der Waals surface area contributed by atoms with E-state index in [0.717, 1.165) is 28.0 Å². The van der Waals surface area contributed by atoms with E-state index in [-0.39, 0.29) is 18.2 Å². The molecular formula is C34H31N5O5S2. The second-order valence-corrected chi connectivity index (χ2v) is 11.8. The summed E-state index contributed by atoms with van der Waals surface area (Å²) in [5.74, 6) is -0.450. The van der Waals surface area contributed by atoms with Crippen molar-refractivity contribution in [2.45, 2.75) is 31.7 Å². The third kappa shape index (κ3) is 9.58. The number of H-pyrrole nitrogens is 1. The molecule has 4 aromatic carbocycles. The fourth-order valence-corrected chi connectivity index (χ4v) is 5.26. The lowest BCUT2D eigenvalue weighted by Gasteiger charge is -2.23. The lowest BCUT2D eigenvalue weighted by atomic mass is 10.0. The first-order valence-corrected chi connectivity index (χ1v) is 15.6. The molecule has 0 aliphatic carbocycles. The van der Waals surface area contributed by atoms with Crippen LogP contribution in [0.15, 0.2) is 115 Å². The van der Waals surface area contributed by atoms with Gasteiger partial charge in [0.2, 0.25) is 11.0 Å². The molecule has 5 rings (SSSR count). The summed E-state index contributed by atoms with van der Waals surface area (Å²) in [5, 5.41) is 15.0. The van der Waals surface area contributed by atoms with Gasteiger partial charge >= 0.3 is 6.09 Å². The average Bonchev–Trinajstić information content (AvgIpc) is 3.50. The minimum absolute atomic E-state index is 0.0270. The Balaban J connectivity index is 1.31. The lowest BCUT2D eigenvalue weighted by Crippen LogP contribution is -2.50. The van der Waals surface area contributed by atoms with Gasteiger partial charge in [-0.2, -0.15) is 0 Å². The number of carbonyl (C=O) groups is 3. The summed E-state index contributed by atoms with van der Waals surface area (Å²) in [4.78, 5) is 40.1. The van der Waals surface area contributed by atoms with E-state index in [9.17, 15) is 14.4 Å². The van der Waals surface area contributed by atoms with E-state index in [1.54, 1.807) is 42.5 Å². The molecule has 5 aromatic rings. The minimum Gasteiger partial charge on any atom is -0.489 e. The zero-order chi connectivity index (χ0) is 32.1. The number of amides is 3. The van der Waals surface area contributed by atoms with Gasteiger partial charge in [-0.15, -0.1) is 5.10 Å². The van der Waals surface area contributed by atoms with Crippen LogP contribution in [0.1, 0.15) is 28.3 Å². The average molecular weight is 654 g/mol. The third-order valence-corrected chi connectivity index (χ3v) is 7.79. The van der Waals surface area contributed by atoms with Crippen molar-refractivity contribution in [3.63, 3.8) is 0 Å². The molecule has 1 heterocycles. The highest BCUT2D eigenvalue weighted by Gasteiger charge is 2.29. The van der Waals surface area contributed by atoms with Crippen LogP contribution in [0.3, 0.4) is 0 Å². The molecule has 0 saturated carbocycles. The van der Waals surface area contributed by atoms with E-state index in [0.29, 0.717) is 21.9 Å². The Morgan fingerprint density at radius 1 is 0.739 bits per heavy atom. The molecule has 0 bridgehead atoms. The van der Waals surface area contributed by atoms with Crippen molar-refractivity contribution in [2.75, 3.05) is 5.32 Å². The lowest BCUT2D eigenvalue weighted by molar-refractivity contribution is -0.128. The first kappa shape index (κ1) is 32.1. The number of benzene rings is 4. The van der Waals surface area contributed by atoms with Crippen LogP contribution in [0.25, 0.3) is 0 Å². The monoisotopic (exact) mass is 653 g/mol. The number of anilines is 1. The Labute approximate surface area is 274 Å². The number of aromatic nitrogens is 2. The maximum absolute atomic E-state index is 13.8. The summed E-state index contributed by atoms with van der Waals surface area (Å²) in [6, 6.07) is 32.9. The van der Waals surface area contributed by atoms with Crippen LogP contribution in [0.4, 0.5) is 9.93 Å². The Hall–Kier alpha value is -5.33. The first-order valence-electron chi connectivity index (χ1n) is 14.4. The topological polar surface area (TPSA) is 134 Å². The van der Waals surface area contributed by atoms with Crippen molar-refractivity contribution in [2.24, 2.45) is 0 Å². The van der Waals surface area contributed by atoms with Crippen molar-refractivity contribution >= 4 is 46.6 Å². The Morgan fingerprint density at radius 3 is 1.96 bits per heavy atom. The van der Waals surface area contributed by atoms with Gasteiger partial charge in [0.25, 0.3) is 5.91 Å². The molecule has 0 aliphatic rings. The number of hydrogen-bond donors (Lipinski definition) is 4. The SMILES string of the molecule is O=C(N[C@@H](Cc1ccc(OCc2ccccc2)cc1)C(=O)NC(C(=O)Nc1n[nH]c(=S)s1)c1ccccc1)OCc1ccccc1. The van der Waals surface area contributed by atoms with Crippen LogP contribution < -0.4 is 20.7 Å². The van der Waals surface area contributed by atoms with Crippen LogP contribution in [0.5, 0.6) is 5.75 Å². The van der Waals surface area contributed by atoms with Crippen LogP contribution in [0, 0.1) is 3.95 Å². The molecule has 4 N–H and O–H groups in total. The minimum atomic E-state index is -1.09. The van der Waals surface area contributed by atoms with Gasteiger partial charge in [-0.05, 0) is 46.6 Å². The standard InChI is InChI=1S/C34H31N5O5S2/c40-30(36-29(26-14-8-3-9-15-26)31(41)37-32-38-39-34(45)46-32)28(35-33(42)44-22-25-12-6-2-7-13-25)20-23-16-18-27(19-17-23)43-21-24-10-4-1-5-11-24/h1-19,28-29H,20-22H2,(H,35,42)(H,36,40)(H,39,45)(H,37,38,41)/t28-,29?/m0/s1. The smallest absolute Gasteiger partial charge is 0.408 e. The largest absolute Gasteiger partial charge is 0.489 e. The van der Waals surface area contributed by atoms with Gasteiger partial charge in [0.05, 0.1) is 0 Å². The van der Waals surface area contributed by atoms with Crippen molar-refractivity contribution in [3.8, 4) is 5.75 Å². The normalized spacial score (nSPS) is 11.9. The summed E-state index contributed by atoms with van der Waals surface area (Å²) in [6.07, 6.45) is -0.654. The Bertz CT molecular complexity index is 1780. The van der Waals surface area contributed by atoms with E-state index >= 15 is 0 Å². The fraction of sp³-hybridized carbons (Fsp3) is 0.147. The van der Waals surface area contributed by atoms with Crippen molar-refractivity contribution in [3.05, 3.63) is 141 Å². The summed E-state index contributed by atoms with van der Waals surface area (Å²) in [5.41, 5.74) is 3.13. The molecule has 1 unspecified atom stereocenters. The quantitative estimate of drug-likeness (QED) is 0.113. The van der Waals surface area contributed by atoms with E-state index in [4.69, 9.17) is 21.7 Å². The summed E-state index contributed by atoms with van der Waals surface area (Å²) < 4.78 is 11.7. The first-order chi connectivity index (χ1) is 22.4. The van der Waals surface area contributed by atoms with Crippen molar-refractivity contribution < 1.29 is 23.9 Å². The van der Waals surface area contributed by atoms with Crippen LogP contribution >= 0.6 is 23.6 Å². The number of carbonyl (C=O) groups excluding carboxylic acids is 3. The van der Waals surface area contributed by atoms with Gasteiger partial charge in [-0.1, -0.05) is 114 Å². The van der Waals surface area contributed by atoms with Crippen LogP contribution in [-0.4, -0.2) is 34.1 Å². The summed E-state index contributed by atoms with van der Waals surface area (Å²) >= 11 is 6.16. The highest BCUT2D eigenvalue weighted by atomic mass is 32.1. The molecule has 2 atom stereocenters. The predicted molar refractivity (Wildman–Crippen MR) is 178 cm³/mol. The van der Waals surface area contributed by atoms with E-state index in [2.05, 4.69) is 26.1 Å². The molecule has 0 aliphatic heterocycles. The van der Waals surface area contributed by atoms with E-state index < -0.39 is 30.0 Å². The van der Waals surface area contributed by atoms with Gasteiger partial charge in [-0.3, -0.25) is 20.0 Å². The number of ether oxygens (including phenoxy) is 2. The van der Waals surface area contributed by atoms with Gasteiger partial charge in [-0.25, -0.2) is 4.79 Å². The molecule has 1 aromatic heterocycles. The Morgan fingerprint density at radius 2 is 1.35 bits per heavy atom. The second-order valence-electron chi connectivity index (χ2n) is 10.1. The predicted octanol–water partition coefficient (Wildman–Crippen LogP) is 6.11. The molecule has 0 saturated heterocycles. The molecular weight excluding hydrogens is 623 g/mol. The van der Waals surface area contributed by atoms with Crippen molar-refractivity contribution in [1.29, 1.82) is 0 Å². The maximum atomic E-state index is 13.8.